The molecule has 0 amide bonds. The summed E-state index contributed by atoms with van der Waals surface area (Å²) in [6, 6.07) is 0. The molecule has 2 atom stereocenters. The minimum atomic E-state index is -0.938. The molecule has 0 spiro atoms. The van der Waals surface area contributed by atoms with Gasteiger partial charge in [-0.05, 0) is 12.8 Å². The van der Waals surface area contributed by atoms with Gasteiger partial charge in [0.15, 0.2) is 6.10 Å². The summed E-state index contributed by atoms with van der Waals surface area (Å²) in [5, 5.41) is 17.3. The van der Waals surface area contributed by atoms with Crippen molar-refractivity contribution in [2.75, 3.05) is 6.61 Å². The van der Waals surface area contributed by atoms with Gasteiger partial charge >= 0.3 is 5.97 Å². The highest BCUT2D eigenvalue weighted by Gasteiger charge is 2.24. The topological polar surface area (TPSA) is 66.8 Å². The lowest BCUT2D eigenvalue weighted by atomic mass is 10.1. The second-order valence-corrected chi connectivity index (χ2v) is 2.39. The molecule has 1 aliphatic rings. The second kappa shape index (κ2) is 2.98. The third-order valence-corrected chi connectivity index (χ3v) is 1.53. The average molecular weight is 146 g/mol. The Labute approximate surface area is 58.4 Å². The highest BCUT2D eigenvalue weighted by molar-refractivity contribution is 5.72. The molecule has 0 bridgehead atoms. The van der Waals surface area contributed by atoms with Crippen LogP contribution in [0.25, 0.3) is 0 Å². The van der Waals surface area contributed by atoms with Gasteiger partial charge in [0.25, 0.3) is 0 Å². The zero-order valence-electron chi connectivity index (χ0n) is 5.49. The van der Waals surface area contributed by atoms with E-state index in [1.165, 1.54) is 0 Å². The molecule has 2 N–H and O–H groups in total. The molecular weight excluding hydrogens is 136 g/mol. The van der Waals surface area contributed by atoms with Crippen LogP contribution in [0.1, 0.15) is 12.8 Å². The van der Waals surface area contributed by atoms with Gasteiger partial charge < -0.3 is 14.9 Å². The van der Waals surface area contributed by atoms with Crippen LogP contribution in [-0.2, 0) is 9.53 Å². The highest BCUT2D eigenvalue weighted by atomic mass is 16.5. The lowest BCUT2D eigenvalue weighted by Gasteiger charge is -2.22. The third kappa shape index (κ3) is 1.68. The normalized spacial score (nSPS) is 33.7. The Morgan fingerprint density at radius 3 is 2.60 bits per heavy atom. The van der Waals surface area contributed by atoms with E-state index in [0.717, 1.165) is 0 Å². The van der Waals surface area contributed by atoms with Crippen LogP contribution in [0.2, 0.25) is 0 Å². The van der Waals surface area contributed by atoms with Crippen LogP contribution >= 0.6 is 0 Å². The SMILES string of the molecule is O=C(O)[C@H]1CC[C@@H](O)CO1. The largest absolute Gasteiger partial charge is 0.479 e. The van der Waals surface area contributed by atoms with Crippen LogP contribution in [0.4, 0.5) is 0 Å². The van der Waals surface area contributed by atoms with Crippen LogP contribution in [0.3, 0.4) is 0 Å². The van der Waals surface area contributed by atoms with Crippen molar-refractivity contribution >= 4 is 5.97 Å². The Balaban J connectivity index is 2.33. The van der Waals surface area contributed by atoms with Crippen molar-refractivity contribution < 1.29 is 19.7 Å². The molecule has 0 aromatic rings. The zero-order valence-corrected chi connectivity index (χ0v) is 5.49. The molecule has 10 heavy (non-hydrogen) atoms. The summed E-state index contributed by atoms with van der Waals surface area (Å²) in [4.78, 5) is 10.3. The third-order valence-electron chi connectivity index (χ3n) is 1.53. The van der Waals surface area contributed by atoms with Crippen molar-refractivity contribution in [2.45, 2.75) is 25.0 Å². The molecule has 1 fully saturated rings. The van der Waals surface area contributed by atoms with E-state index >= 15 is 0 Å². The predicted molar refractivity (Wildman–Crippen MR) is 32.6 cm³/mol. The summed E-state index contributed by atoms with van der Waals surface area (Å²) in [5.74, 6) is -0.938. The molecule has 0 radical (unpaired) electrons. The molecule has 58 valence electrons. The van der Waals surface area contributed by atoms with Crippen LogP contribution in [0.15, 0.2) is 0 Å². The summed E-state index contributed by atoms with van der Waals surface area (Å²) >= 11 is 0. The first-order valence-electron chi connectivity index (χ1n) is 3.22. The summed E-state index contributed by atoms with van der Waals surface area (Å²) in [6.45, 7) is 0.150. The minimum absolute atomic E-state index is 0.150. The number of aliphatic hydroxyl groups is 1. The van der Waals surface area contributed by atoms with Crippen LogP contribution in [0, 0.1) is 0 Å². The maximum absolute atomic E-state index is 10.3. The number of carbonyl (C=O) groups is 1. The van der Waals surface area contributed by atoms with E-state index in [4.69, 9.17) is 14.9 Å². The Morgan fingerprint density at radius 1 is 1.50 bits per heavy atom. The molecule has 1 heterocycles. The average Bonchev–Trinajstić information content (AvgIpc) is 1.88. The highest BCUT2D eigenvalue weighted by Crippen LogP contribution is 2.12. The van der Waals surface area contributed by atoms with E-state index in [2.05, 4.69) is 0 Å². The first kappa shape index (κ1) is 7.50. The summed E-state index contributed by atoms with van der Waals surface area (Å²) in [5.41, 5.74) is 0. The number of ether oxygens (including phenoxy) is 1. The molecule has 1 rings (SSSR count). The quantitative estimate of drug-likeness (QED) is 0.528. The lowest BCUT2D eigenvalue weighted by Crippen LogP contribution is -2.34. The van der Waals surface area contributed by atoms with Gasteiger partial charge in [-0.2, -0.15) is 0 Å². The Morgan fingerprint density at radius 2 is 2.20 bits per heavy atom. The molecule has 1 saturated heterocycles. The predicted octanol–water partition coefficient (Wildman–Crippen LogP) is -0.389. The van der Waals surface area contributed by atoms with Gasteiger partial charge in [-0.1, -0.05) is 0 Å². The van der Waals surface area contributed by atoms with E-state index in [0.29, 0.717) is 12.8 Å². The summed E-state index contributed by atoms with van der Waals surface area (Å²) < 4.78 is 4.80. The van der Waals surface area contributed by atoms with Crippen LogP contribution < -0.4 is 0 Å². The van der Waals surface area contributed by atoms with Crippen LogP contribution in [-0.4, -0.2) is 35.0 Å². The van der Waals surface area contributed by atoms with Gasteiger partial charge in [-0.3, -0.25) is 0 Å². The van der Waals surface area contributed by atoms with Gasteiger partial charge in [0, 0.05) is 0 Å². The fraction of sp³-hybridized carbons (Fsp3) is 0.833. The molecule has 0 unspecified atom stereocenters. The number of aliphatic hydroxyl groups excluding tert-OH is 1. The molecule has 0 aromatic carbocycles. The van der Waals surface area contributed by atoms with E-state index < -0.39 is 18.2 Å². The number of carboxylic acid groups (broad SMARTS) is 1. The van der Waals surface area contributed by atoms with Crippen molar-refractivity contribution in [3.63, 3.8) is 0 Å². The first-order chi connectivity index (χ1) is 4.70. The van der Waals surface area contributed by atoms with Gasteiger partial charge in [0.1, 0.15) is 0 Å². The van der Waals surface area contributed by atoms with Crippen molar-refractivity contribution in [3.05, 3.63) is 0 Å². The number of hydrogen-bond donors (Lipinski definition) is 2. The molecule has 4 heteroatoms. The van der Waals surface area contributed by atoms with Gasteiger partial charge in [-0.15, -0.1) is 0 Å². The lowest BCUT2D eigenvalue weighted by molar-refractivity contribution is -0.157. The first-order valence-corrected chi connectivity index (χ1v) is 3.22. The number of rotatable bonds is 1. The number of carboxylic acids is 1. The van der Waals surface area contributed by atoms with Crippen molar-refractivity contribution in [1.29, 1.82) is 0 Å². The van der Waals surface area contributed by atoms with E-state index in [1.54, 1.807) is 0 Å². The Bertz CT molecular complexity index is 126. The van der Waals surface area contributed by atoms with Crippen molar-refractivity contribution in [2.24, 2.45) is 0 Å². The Kier molecular flexibility index (Phi) is 2.24. The zero-order chi connectivity index (χ0) is 7.56. The smallest absolute Gasteiger partial charge is 0.332 e. The monoisotopic (exact) mass is 146 g/mol. The van der Waals surface area contributed by atoms with Gasteiger partial charge in [-0.25, -0.2) is 4.79 Å². The minimum Gasteiger partial charge on any atom is -0.479 e. The summed E-state index contributed by atoms with van der Waals surface area (Å²) in [7, 11) is 0. The second-order valence-electron chi connectivity index (χ2n) is 2.39. The van der Waals surface area contributed by atoms with E-state index in [9.17, 15) is 4.79 Å². The van der Waals surface area contributed by atoms with Gasteiger partial charge in [0.2, 0.25) is 0 Å². The molecule has 1 aliphatic heterocycles. The van der Waals surface area contributed by atoms with Crippen molar-refractivity contribution in [3.8, 4) is 0 Å². The molecule has 0 saturated carbocycles. The fourth-order valence-electron chi connectivity index (χ4n) is 0.932. The molecule has 0 aliphatic carbocycles. The number of hydrogen-bond acceptors (Lipinski definition) is 3. The summed E-state index contributed by atoms with van der Waals surface area (Å²) in [6.07, 6.45) is -0.244. The maximum atomic E-state index is 10.3. The Hall–Kier alpha value is -0.610. The fourth-order valence-corrected chi connectivity index (χ4v) is 0.932. The molecule has 4 nitrogen and oxygen atoms in total. The van der Waals surface area contributed by atoms with Crippen molar-refractivity contribution in [1.82, 2.24) is 0 Å². The molecular formula is C6H10O4. The van der Waals surface area contributed by atoms with E-state index in [1.807, 2.05) is 0 Å². The standard InChI is InChI=1S/C6H10O4/c7-4-1-2-5(6(8)9)10-3-4/h4-5,7H,1-3H2,(H,8,9)/t4-,5-/m1/s1. The van der Waals surface area contributed by atoms with Crippen LogP contribution in [0.5, 0.6) is 0 Å². The molecule has 0 aromatic heterocycles. The number of aliphatic carboxylic acids is 1. The van der Waals surface area contributed by atoms with Gasteiger partial charge in [0.05, 0.1) is 12.7 Å². The van der Waals surface area contributed by atoms with E-state index in [-0.39, 0.29) is 6.61 Å². The maximum Gasteiger partial charge on any atom is 0.332 e.